The molecule has 1 atom stereocenters. The fraction of sp³-hybridized carbons (Fsp3) is 0.429. The molecule has 0 saturated carbocycles. The molecule has 0 bridgehead atoms. The maximum Gasteiger partial charge on any atom is 0.319 e. The van der Waals surface area contributed by atoms with Crippen LogP contribution in [0.15, 0.2) is 30.3 Å². The molecule has 0 aliphatic heterocycles. The third-order valence-corrected chi connectivity index (χ3v) is 2.90. The minimum Gasteiger partial charge on any atom is -0.465 e. The van der Waals surface area contributed by atoms with Crippen LogP contribution >= 0.6 is 0 Å². The van der Waals surface area contributed by atoms with Crippen molar-refractivity contribution in [1.29, 1.82) is 0 Å². The molecule has 1 aromatic carbocycles. The molecule has 0 N–H and O–H groups in total. The van der Waals surface area contributed by atoms with Gasteiger partial charge in [-0.15, -0.1) is 0 Å². The van der Waals surface area contributed by atoms with Gasteiger partial charge in [0.25, 0.3) is 0 Å². The summed E-state index contributed by atoms with van der Waals surface area (Å²) in [6.07, 6.45) is 0.377. The molecule has 0 aliphatic rings. The Morgan fingerprint density at radius 2 is 1.82 bits per heavy atom. The molecule has 3 heteroatoms. The van der Waals surface area contributed by atoms with Crippen LogP contribution in [0.4, 0.5) is 0 Å². The molecule has 1 unspecified atom stereocenters. The van der Waals surface area contributed by atoms with E-state index in [0.717, 1.165) is 5.56 Å². The van der Waals surface area contributed by atoms with E-state index in [9.17, 15) is 9.59 Å². The summed E-state index contributed by atoms with van der Waals surface area (Å²) in [6.45, 7) is 5.09. The van der Waals surface area contributed by atoms with Crippen LogP contribution in [-0.4, -0.2) is 18.4 Å². The van der Waals surface area contributed by atoms with E-state index >= 15 is 0 Å². The first-order chi connectivity index (χ1) is 8.00. The van der Waals surface area contributed by atoms with Crippen molar-refractivity contribution in [3.63, 3.8) is 0 Å². The van der Waals surface area contributed by atoms with Gasteiger partial charge >= 0.3 is 5.97 Å². The molecule has 0 radical (unpaired) electrons. The highest BCUT2D eigenvalue weighted by Crippen LogP contribution is 2.25. The van der Waals surface area contributed by atoms with Crippen molar-refractivity contribution in [2.75, 3.05) is 6.61 Å². The van der Waals surface area contributed by atoms with Crippen molar-refractivity contribution < 1.29 is 14.3 Å². The van der Waals surface area contributed by atoms with Gasteiger partial charge in [-0.3, -0.25) is 9.59 Å². The van der Waals surface area contributed by atoms with E-state index in [1.54, 1.807) is 13.8 Å². The predicted molar refractivity (Wildman–Crippen MR) is 65.6 cm³/mol. The van der Waals surface area contributed by atoms with Gasteiger partial charge < -0.3 is 4.74 Å². The van der Waals surface area contributed by atoms with Crippen LogP contribution in [0, 0.1) is 5.41 Å². The number of ketones is 1. The fourth-order valence-corrected chi connectivity index (χ4v) is 1.63. The summed E-state index contributed by atoms with van der Waals surface area (Å²) in [4.78, 5) is 23.6. The van der Waals surface area contributed by atoms with E-state index in [1.807, 2.05) is 30.3 Å². The number of rotatable bonds is 5. The zero-order chi connectivity index (χ0) is 12.9. The van der Waals surface area contributed by atoms with Crippen LogP contribution in [0.25, 0.3) is 0 Å². The van der Waals surface area contributed by atoms with Crippen molar-refractivity contribution >= 4 is 11.8 Å². The highest BCUT2D eigenvalue weighted by Gasteiger charge is 2.39. The van der Waals surface area contributed by atoms with Crippen LogP contribution < -0.4 is 0 Å². The Balaban J connectivity index is 2.93. The number of esters is 1. The number of carbonyl (C=O) groups is 2. The Morgan fingerprint density at radius 3 is 2.29 bits per heavy atom. The monoisotopic (exact) mass is 234 g/mol. The van der Waals surface area contributed by atoms with E-state index in [1.165, 1.54) is 6.92 Å². The van der Waals surface area contributed by atoms with E-state index < -0.39 is 11.4 Å². The van der Waals surface area contributed by atoms with E-state index in [4.69, 9.17) is 4.74 Å². The van der Waals surface area contributed by atoms with Gasteiger partial charge in [0.2, 0.25) is 0 Å². The second-order valence-corrected chi connectivity index (χ2v) is 4.27. The van der Waals surface area contributed by atoms with Gasteiger partial charge in [0.1, 0.15) is 11.2 Å². The van der Waals surface area contributed by atoms with Crippen LogP contribution in [-0.2, 0) is 20.7 Å². The summed E-state index contributed by atoms with van der Waals surface area (Å²) < 4.78 is 4.98. The van der Waals surface area contributed by atoms with Crippen molar-refractivity contribution in [1.82, 2.24) is 0 Å². The molecule has 3 nitrogen and oxygen atoms in total. The maximum atomic E-state index is 11.9. The second kappa shape index (κ2) is 5.62. The number of hydrogen-bond acceptors (Lipinski definition) is 3. The zero-order valence-electron chi connectivity index (χ0n) is 10.5. The largest absolute Gasteiger partial charge is 0.465 e. The molecule has 0 fully saturated rings. The van der Waals surface area contributed by atoms with Gasteiger partial charge in [0.15, 0.2) is 0 Å². The number of Topliss-reactive ketones (excluding diaryl/α,β-unsaturated/α-hetero) is 1. The Bertz CT molecular complexity index is 397. The van der Waals surface area contributed by atoms with Crippen molar-refractivity contribution in [3.05, 3.63) is 35.9 Å². The van der Waals surface area contributed by atoms with Crippen molar-refractivity contribution in [3.8, 4) is 0 Å². The second-order valence-electron chi connectivity index (χ2n) is 4.27. The zero-order valence-corrected chi connectivity index (χ0v) is 10.5. The maximum absolute atomic E-state index is 11.9. The first kappa shape index (κ1) is 13.4. The van der Waals surface area contributed by atoms with Gasteiger partial charge in [-0.2, -0.15) is 0 Å². The molecule has 0 aromatic heterocycles. The lowest BCUT2D eigenvalue weighted by Crippen LogP contribution is -2.38. The van der Waals surface area contributed by atoms with E-state index in [0.29, 0.717) is 6.42 Å². The van der Waals surface area contributed by atoms with Gasteiger partial charge in [0.05, 0.1) is 6.61 Å². The van der Waals surface area contributed by atoms with Crippen LogP contribution in [0.2, 0.25) is 0 Å². The molecule has 0 amide bonds. The number of benzene rings is 1. The molecule has 0 heterocycles. The number of carbonyl (C=O) groups excluding carboxylic acids is 2. The van der Waals surface area contributed by atoms with Crippen LogP contribution in [0.5, 0.6) is 0 Å². The van der Waals surface area contributed by atoms with E-state index in [2.05, 4.69) is 0 Å². The molecule has 0 aliphatic carbocycles. The first-order valence-corrected chi connectivity index (χ1v) is 5.73. The third-order valence-electron chi connectivity index (χ3n) is 2.90. The average Bonchev–Trinajstić information content (AvgIpc) is 2.30. The van der Waals surface area contributed by atoms with Gasteiger partial charge in [0, 0.05) is 0 Å². The Morgan fingerprint density at radius 1 is 1.24 bits per heavy atom. The summed E-state index contributed by atoms with van der Waals surface area (Å²) in [5.41, 5.74) is -0.129. The summed E-state index contributed by atoms with van der Waals surface area (Å²) in [5, 5.41) is 0. The third kappa shape index (κ3) is 3.16. The quantitative estimate of drug-likeness (QED) is 0.580. The standard InChI is InChI=1S/C14H18O3/c1-4-17-13(16)14(3,11(2)15)10-12-8-6-5-7-9-12/h5-9H,4,10H2,1-3H3. The lowest BCUT2D eigenvalue weighted by molar-refractivity contribution is -0.158. The minimum atomic E-state index is -1.09. The molecule has 92 valence electrons. The highest BCUT2D eigenvalue weighted by molar-refractivity contribution is 6.02. The Labute approximate surface area is 102 Å². The summed E-state index contributed by atoms with van der Waals surface area (Å²) in [7, 11) is 0. The van der Waals surface area contributed by atoms with Crippen molar-refractivity contribution in [2.45, 2.75) is 27.2 Å². The molecule has 0 saturated heterocycles. The SMILES string of the molecule is CCOC(=O)C(C)(Cc1ccccc1)C(C)=O. The summed E-state index contributed by atoms with van der Waals surface area (Å²) in [6, 6.07) is 9.49. The molecule has 0 spiro atoms. The number of hydrogen-bond donors (Lipinski definition) is 0. The molecule has 1 aromatic rings. The highest BCUT2D eigenvalue weighted by atomic mass is 16.5. The number of ether oxygens (including phenoxy) is 1. The average molecular weight is 234 g/mol. The first-order valence-electron chi connectivity index (χ1n) is 5.73. The van der Waals surface area contributed by atoms with Crippen LogP contribution in [0.3, 0.4) is 0 Å². The van der Waals surface area contributed by atoms with Crippen LogP contribution in [0.1, 0.15) is 26.3 Å². The Kier molecular flexibility index (Phi) is 4.44. The predicted octanol–water partition coefficient (Wildman–Crippen LogP) is 2.39. The fourth-order valence-electron chi connectivity index (χ4n) is 1.63. The summed E-state index contributed by atoms with van der Waals surface area (Å²) in [5.74, 6) is -0.615. The molecular weight excluding hydrogens is 216 g/mol. The Hall–Kier alpha value is -1.64. The molecule has 17 heavy (non-hydrogen) atoms. The summed E-state index contributed by atoms with van der Waals surface area (Å²) >= 11 is 0. The minimum absolute atomic E-state index is 0.167. The topological polar surface area (TPSA) is 43.4 Å². The lowest BCUT2D eigenvalue weighted by Gasteiger charge is -2.24. The molecular formula is C14H18O3. The van der Waals surface area contributed by atoms with Gasteiger partial charge in [-0.05, 0) is 32.8 Å². The van der Waals surface area contributed by atoms with Crippen molar-refractivity contribution in [2.24, 2.45) is 5.41 Å². The smallest absolute Gasteiger partial charge is 0.319 e. The van der Waals surface area contributed by atoms with E-state index in [-0.39, 0.29) is 12.4 Å². The lowest BCUT2D eigenvalue weighted by atomic mass is 9.80. The van der Waals surface area contributed by atoms with Gasteiger partial charge in [-0.25, -0.2) is 0 Å². The molecule has 1 rings (SSSR count). The normalized spacial score (nSPS) is 13.8. The van der Waals surface area contributed by atoms with Gasteiger partial charge in [-0.1, -0.05) is 30.3 Å².